The summed E-state index contributed by atoms with van der Waals surface area (Å²) in [6.07, 6.45) is 0. The van der Waals surface area contributed by atoms with Gasteiger partial charge in [0.05, 0.1) is 5.56 Å². The molecule has 0 saturated carbocycles. The highest BCUT2D eigenvalue weighted by atomic mass is 16.6. The molecule has 0 aliphatic heterocycles. The Hall–Kier alpha value is -1.33. The first kappa shape index (κ1) is 14.7. The summed E-state index contributed by atoms with van der Waals surface area (Å²) in [7, 11) is -0.750. The summed E-state index contributed by atoms with van der Waals surface area (Å²) in [5.74, 6) is -0.270. The van der Waals surface area contributed by atoms with Crippen LogP contribution in [0.15, 0.2) is 30.3 Å². The third-order valence-electron chi connectivity index (χ3n) is 1.41. The Balaban J connectivity index is 0.000000673. The maximum Gasteiger partial charge on any atom is 0.432 e. The molecule has 0 atom stereocenters. The molecule has 0 spiro atoms. The molecule has 0 aromatic heterocycles. The van der Waals surface area contributed by atoms with Gasteiger partial charge in [-0.3, -0.25) is 0 Å². The van der Waals surface area contributed by atoms with Crippen LogP contribution in [0.1, 0.15) is 31.1 Å². The minimum atomic E-state index is -0.750. The molecule has 0 bridgehead atoms. The minimum absolute atomic E-state index is 0.270. The van der Waals surface area contributed by atoms with Gasteiger partial charge in [-0.2, -0.15) is 0 Å². The summed E-state index contributed by atoms with van der Waals surface area (Å²) in [5.41, 5.74) is 0.171. The molecule has 5 heteroatoms. The first-order chi connectivity index (χ1) is 7.40. The van der Waals surface area contributed by atoms with E-state index >= 15 is 0 Å². The maximum atomic E-state index is 11.4. The molecule has 0 radical (unpaired) electrons. The number of hydrogen-bond acceptors (Lipinski definition) is 4. The second-order valence-corrected chi connectivity index (χ2v) is 4.01. The standard InChI is InChI=1S/C11H14O2.BH3O2/c1-11(2,3)13-10(12)9-7-5-4-6-8-9;2-1-3/h4-8H,1-3H3;1-3H. The van der Waals surface area contributed by atoms with Crippen molar-refractivity contribution >= 4 is 13.7 Å². The number of benzene rings is 1. The molecule has 2 N–H and O–H groups in total. The van der Waals surface area contributed by atoms with Crippen LogP contribution in [0, 0.1) is 0 Å². The van der Waals surface area contributed by atoms with E-state index in [4.69, 9.17) is 14.8 Å². The van der Waals surface area contributed by atoms with Crippen LogP contribution in [0.3, 0.4) is 0 Å². The average molecular weight is 224 g/mol. The summed E-state index contributed by atoms with van der Waals surface area (Å²) in [6, 6.07) is 8.99. The lowest BCUT2D eigenvalue weighted by molar-refractivity contribution is 0.00695. The Morgan fingerprint density at radius 1 is 1.19 bits per heavy atom. The molecular weight excluding hydrogens is 207 g/mol. The third kappa shape index (κ3) is 7.03. The zero-order valence-electron chi connectivity index (χ0n) is 9.80. The van der Waals surface area contributed by atoms with Crippen molar-refractivity contribution < 1.29 is 19.6 Å². The molecule has 1 rings (SSSR count). The zero-order valence-corrected chi connectivity index (χ0v) is 9.80. The monoisotopic (exact) mass is 224 g/mol. The zero-order chi connectivity index (χ0) is 12.6. The highest BCUT2D eigenvalue weighted by molar-refractivity contribution is 6.13. The molecule has 16 heavy (non-hydrogen) atoms. The van der Waals surface area contributed by atoms with Gasteiger partial charge in [-0.15, -0.1) is 0 Å². The van der Waals surface area contributed by atoms with Gasteiger partial charge >= 0.3 is 13.7 Å². The normalized spacial score (nSPS) is 9.81. The Morgan fingerprint density at radius 2 is 1.62 bits per heavy atom. The van der Waals surface area contributed by atoms with E-state index in [0.29, 0.717) is 5.56 Å². The van der Waals surface area contributed by atoms with Gasteiger partial charge in [0.2, 0.25) is 0 Å². The van der Waals surface area contributed by atoms with Crippen LogP contribution in [0.25, 0.3) is 0 Å². The molecule has 0 saturated heterocycles. The van der Waals surface area contributed by atoms with E-state index < -0.39 is 13.3 Å². The van der Waals surface area contributed by atoms with Crippen LogP contribution in [-0.2, 0) is 4.74 Å². The van der Waals surface area contributed by atoms with E-state index in [1.54, 1.807) is 12.1 Å². The van der Waals surface area contributed by atoms with Crippen molar-refractivity contribution in [1.82, 2.24) is 0 Å². The van der Waals surface area contributed by atoms with E-state index in [-0.39, 0.29) is 5.97 Å². The molecule has 0 aliphatic carbocycles. The van der Waals surface area contributed by atoms with Crippen LogP contribution in [0.4, 0.5) is 0 Å². The van der Waals surface area contributed by atoms with E-state index in [0.717, 1.165) is 0 Å². The molecule has 0 unspecified atom stereocenters. The summed E-state index contributed by atoms with van der Waals surface area (Å²) in [6.45, 7) is 5.56. The smallest absolute Gasteiger partial charge is 0.432 e. The van der Waals surface area contributed by atoms with Gasteiger partial charge in [0.25, 0.3) is 0 Å². The molecule has 0 aliphatic rings. The number of esters is 1. The quantitative estimate of drug-likeness (QED) is 0.548. The van der Waals surface area contributed by atoms with Crippen molar-refractivity contribution in [3.63, 3.8) is 0 Å². The summed E-state index contributed by atoms with van der Waals surface area (Å²) < 4.78 is 5.18. The molecule has 0 amide bonds. The van der Waals surface area contributed by atoms with E-state index in [1.807, 2.05) is 39.0 Å². The Morgan fingerprint density at radius 3 is 2.00 bits per heavy atom. The van der Waals surface area contributed by atoms with E-state index in [9.17, 15) is 4.79 Å². The molecule has 0 heterocycles. The van der Waals surface area contributed by atoms with Crippen molar-refractivity contribution in [2.45, 2.75) is 26.4 Å². The second kappa shape index (κ2) is 7.03. The van der Waals surface area contributed by atoms with Gasteiger partial charge in [0, 0.05) is 0 Å². The largest absolute Gasteiger partial charge is 0.456 e. The first-order valence-corrected chi connectivity index (χ1v) is 4.91. The fourth-order valence-corrected chi connectivity index (χ4v) is 0.911. The van der Waals surface area contributed by atoms with Gasteiger partial charge in [-0.25, -0.2) is 4.79 Å². The van der Waals surface area contributed by atoms with Crippen molar-refractivity contribution in [2.75, 3.05) is 0 Å². The van der Waals surface area contributed by atoms with Crippen LogP contribution in [-0.4, -0.2) is 29.3 Å². The summed E-state index contributed by atoms with van der Waals surface area (Å²) >= 11 is 0. The highest BCUT2D eigenvalue weighted by Crippen LogP contribution is 2.11. The molecular formula is C11H17BO4. The predicted molar refractivity (Wildman–Crippen MR) is 63.2 cm³/mol. The molecule has 0 fully saturated rings. The summed E-state index contributed by atoms with van der Waals surface area (Å²) in [5, 5.41) is 14.2. The topological polar surface area (TPSA) is 66.8 Å². The number of rotatable bonds is 1. The highest BCUT2D eigenvalue weighted by Gasteiger charge is 2.16. The van der Waals surface area contributed by atoms with Gasteiger partial charge in [-0.1, -0.05) is 18.2 Å². The van der Waals surface area contributed by atoms with Gasteiger partial charge in [-0.05, 0) is 32.9 Å². The van der Waals surface area contributed by atoms with Gasteiger partial charge in [0.15, 0.2) is 0 Å². The minimum Gasteiger partial charge on any atom is -0.456 e. The number of ether oxygens (including phenoxy) is 1. The van der Waals surface area contributed by atoms with Crippen LogP contribution in [0.2, 0.25) is 0 Å². The number of carbonyl (C=O) groups is 1. The maximum absolute atomic E-state index is 11.4. The van der Waals surface area contributed by atoms with E-state index in [2.05, 4.69) is 0 Å². The second-order valence-electron chi connectivity index (χ2n) is 4.01. The van der Waals surface area contributed by atoms with Crippen LogP contribution in [0.5, 0.6) is 0 Å². The lowest BCUT2D eigenvalue weighted by Crippen LogP contribution is -2.23. The molecule has 1 aromatic rings. The Kier molecular flexibility index (Phi) is 6.45. The van der Waals surface area contributed by atoms with E-state index in [1.165, 1.54) is 0 Å². The average Bonchev–Trinajstić information content (AvgIpc) is 2.18. The number of hydrogen-bond donors (Lipinski definition) is 2. The van der Waals surface area contributed by atoms with Crippen LogP contribution >= 0.6 is 0 Å². The van der Waals surface area contributed by atoms with Gasteiger partial charge < -0.3 is 14.8 Å². The SMILES string of the molecule is CC(C)(C)OC(=O)c1ccccc1.OBO. The Labute approximate surface area is 96.2 Å². The molecule has 88 valence electrons. The fraction of sp³-hybridized carbons (Fsp3) is 0.364. The number of carbonyl (C=O) groups excluding carboxylic acids is 1. The Bertz CT molecular complexity index is 306. The van der Waals surface area contributed by atoms with Crippen molar-refractivity contribution in [3.8, 4) is 0 Å². The van der Waals surface area contributed by atoms with Gasteiger partial charge in [0.1, 0.15) is 5.60 Å². The van der Waals surface area contributed by atoms with Crippen LogP contribution < -0.4 is 0 Å². The summed E-state index contributed by atoms with van der Waals surface area (Å²) in [4.78, 5) is 11.4. The van der Waals surface area contributed by atoms with Crippen molar-refractivity contribution in [1.29, 1.82) is 0 Å². The lowest BCUT2D eigenvalue weighted by atomic mass is 10.2. The van der Waals surface area contributed by atoms with Crippen molar-refractivity contribution in [3.05, 3.63) is 35.9 Å². The lowest BCUT2D eigenvalue weighted by Gasteiger charge is -2.19. The molecule has 1 aromatic carbocycles. The fourth-order valence-electron chi connectivity index (χ4n) is 0.911. The van der Waals surface area contributed by atoms with Crippen molar-refractivity contribution in [2.24, 2.45) is 0 Å². The molecule has 4 nitrogen and oxygen atoms in total. The first-order valence-electron chi connectivity index (χ1n) is 4.91. The third-order valence-corrected chi connectivity index (χ3v) is 1.41. The predicted octanol–water partition coefficient (Wildman–Crippen LogP) is 0.879.